The molecule has 0 aromatic heterocycles. The summed E-state index contributed by atoms with van der Waals surface area (Å²) < 4.78 is 0. The summed E-state index contributed by atoms with van der Waals surface area (Å²) in [4.78, 5) is -0.789. The first-order valence-electron chi connectivity index (χ1n) is 4.97. The van der Waals surface area contributed by atoms with E-state index in [0.29, 0.717) is 0 Å². The summed E-state index contributed by atoms with van der Waals surface area (Å²) in [6.07, 6.45) is 0. The van der Waals surface area contributed by atoms with Gasteiger partial charge in [0.05, 0.1) is 0 Å². The van der Waals surface area contributed by atoms with Gasteiger partial charge in [0, 0.05) is 12.5 Å². The third-order valence-corrected chi connectivity index (χ3v) is 3.25. The minimum absolute atomic E-state index is 0.185. The van der Waals surface area contributed by atoms with Crippen molar-refractivity contribution in [1.29, 1.82) is 0 Å². The van der Waals surface area contributed by atoms with Crippen LogP contribution in [-0.2, 0) is 5.00 Å². The zero-order valence-corrected chi connectivity index (χ0v) is 10.4. The van der Waals surface area contributed by atoms with Gasteiger partial charge in [-0.1, -0.05) is 62.7 Å². The Labute approximate surface area is 96.4 Å². The molecule has 0 saturated carbocycles. The van der Waals surface area contributed by atoms with Crippen LogP contribution in [0.2, 0.25) is 0 Å². The molecule has 1 aromatic rings. The Morgan fingerprint density at radius 1 is 1.07 bits per heavy atom. The first-order chi connectivity index (χ1) is 6.92. The molecule has 2 nitrogen and oxygen atoms in total. The van der Waals surface area contributed by atoms with E-state index in [0.717, 1.165) is 5.56 Å². The largest absolute Gasteiger partial charge is 0.195 e. The molecule has 82 valence electrons. The van der Waals surface area contributed by atoms with Crippen LogP contribution in [0.1, 0.15) is 26.3 Å². The minimum Gasteiger partial charge on any atom is -0.195 e. The molecule has 0 aliphatic carbocycles. The molecule has 0 radical (unpaired) electrons. The van der Waals surface area contributed by atoms with Crippen LogP contribution in [0.25, 0.3) is 0 Å². The third-order valence-electron chi connectivity index (χ3n) is 2.39. The van der Waals surface area contributed by atoms with Crippen LogP contribution in [0.5, 0.6) is 0 Å². The van der Waals surface area contributed by atoms with Crippen LogP contribution >= 0.6 is 11.6 Å². The molecule has 0 heterocycles. The molecule has 1 aromatic carbocycles. The van der Waals surface area contributed by atoms with Crippen molar-refractivity contribution >= 4 is 11.6 Å². The van der Waals surface area contributed by atoms with Gasteiger partial charge in [-0.2, -0.15) is 10.2 Å². The molecule has 0 N–H and O–H groups in total. The van der Waals surface area contributed by atoms with E-state index in [1.807, 2.05) is 30.3 Å². The third kappa shape index (κ3) is 2.37. The van der Waals surface area contributed by atoms with Gasteiger partial charge in [-0.25, -0.2) is 0 Å². The molecular weight excluding hydrogens is 208 g/mol. The number of rotatable bonds is 2. The summed E-state index contributed by atoms with van der Waals surface area (Å²) in [5.74, 6) is 0. The SMILES string of the molecule is CN=NC(Cl)(c1ccccc1)C(C)(C)C. The van der Waals surface area contributed by atoms with Gasteiger partial charge in [-0.05, 0) is 5.56 Å². The van der Waals surface area contributed by atoms with Crippen molar-refractivity contribution in [3.05, 3.63) is 35.9 Å². The van der Waals surface area contributed by atoms with Crippen LogP contribution in [0, 0.1) is 5.41 Å². The van der Waals surface area contributed by atoms with Gasteiger partial charge >= 0.3 is 0 Å². The topological polar surface area (TPSA) is 24.7 Å². The van der Waals surface area contributed by atoms with E-state index in [2.05, 4.69) is 31.0 Å². The van der Waals surface area contributed by atoms with Crippen LogP contribution in [0.3, 0.4) is 0 Å². The Balaban J connectivity index is 3.25. The summed E-state index contributed by atoms with van der Waals surface area (Å²) in [7, 11) is 1.64. The predicted molar refractivity (Wildman–Crippen MR) is 64.2 cm³/mol. The van der Waals surface area contributed by atoms with Crippen molar-refractivity contribution in [2.24, 2.45) is 15.6 Å². The Morgan fingerprint density at radius 2 is 1.60 bits per heavy atom. The Kier molecular flexibility index (Phi) is 3.50. The molecule has 15 heavy (non-hydrogen) atoms. The predicted octanol–water partition coefficient (Wildman–Crippen LogP) is 4.21. The fourth-order valence-corrected chi connectivity index (χ4v) is 1.64. The Morgan fingerprint density at radius 3 is 2.00 bits per heavy atom. The van der Waals surface area contributed by atoms with Crippen molar-refractivity contribution < 1.29 is 0 Å². The highest BCUT2D eigenvalue weighted by Gasteiger charge is 2.42. The lowest BCUT2D eigenvalue weighted by molar-refractivity contribution is 0.274. The van der Waals surface area contributed by atoms with Gasteiger partial charge in [0.2, 0.25) is 0 Å². The molecule has 3 heteroatoms. The van der Waals surface area contributed by atoms with Crippen LogP contribution in [0.4, 0.5) is 0 Å². The molecule has 0 bridgehead atoms. The van der Waals surface area contributed by atoms with Gasteiger partial charge in [0.1, 0.15) is 0 Å². The molecular formula is C12H17ClN2. The monoisotopic (exact) mass is 224 g/mol. The number of nitrogens with zero attached hydrogens (tertiary/aromatic N) is 2. The lowest BCUT2D eigenvalue weighted by Gasteiger charge is -2.35. The van der Waals surface area contributed by atoms with E-state index in [1.54, 1.807) is 7.05 Å². The van der Waals surface area contributed by atoms with Crippen molar-refractivity contribution in [2.75, 3.05) is 7.05 Å². The van der Waals surface area contributed by atoms with E-state index in [-0.39, 0.29) is 5.41 Å². The molecule has 1 rings (SSSR count). The normalized spacial score (nSPS) is 16.6. The number of benzene rings is 1. The fourth-order valence-electron chi connectivity index (χ4n) is 1.44. The first-order valence-corrected chi connectivity index (χ1v) is 5.35. The van der Waals surface area contributed by atoms with E-state index in [4.69, 9.17) is 11.6 Å². The average molecular weight is 225 g/mol. The van der Waals surface area contributed by atoms with Gasteiger partial charge in [-0.15, -0.1) is 0 Å². The summed E-state index contributed by atoms with van der Waals surface area (Å²) in [6, 6.07) is 9.85. The maximum atomic E-state index is 6.58. The maximum absolute atomic E-state index is 6.58. The van der Waals surface area contributed by atoms with E-state index < -0.39 is 5.00 Å². The van der Waals surface area contributed by atoms with Crippen molar-refractivity contribution in [2.45, 2.75) is 25.8 Å². The molecule has 1 atom stereocenters. The Bertz CT molecular complexity index is 340. The number of hydrogen-bond acceptors (Lipinski definition) is 2. The molecule has 0 spiro atoms. The lowest BCUT2D eigenvalue weighted by atomic mass is 9.82. The molecule has 1 unspecified atom stereocenters. The van der Waals surface area contributed by atoms with Gasteiger partial charge in [0.15, 0.2) is 5.00 Å². The quantitative estimate of drug-likeness (QED) is 0.409. The van der Waals surface area contributed by atoms with Gasteiger partial charge in [-0.3, -0.25) is 0 Å². The van der Waals surface area contributed by atoms with Crippen molar-refractivity contribution in [3.8, 4) is 0 Å². The van der Waals surface area contributed by atoms with E-state index in [1.165, 1.54) is 0 Å². The van der Waals surface area contributed by atoms with E-state index in [9.17, 15) is 0 Å². The van der Waals surface area contributed by atoms with Crippen molar-refractivity contribution in [3.63, 3.8) is 0 Å². The summed E-state index contributed by atoms with van der Waals surface area (Å²) in [6.45, 7) is 6.17. The highest BCUT2D eigenvalue weighted by atomic mass is 35.5. The highest BCUT2D eigenvalue weighted by molar-refractivity contribution is 6.24. The smallest absolute Gasteiger partial charge is 0.184 e. The minimum atomic E-state index is -0.789. The number of hydrogen-bond donors (Lipinski definition) is 0. The molecule has 0 saturated heterocycles. The molecule has 0 fully saturated rings. The summed E-state index contributed by atoms with van der Waals surface area (Å²) >= 11 is 6.58. The van der Waals surface area contributed by atoms with Crippen LogP contribution in [-0.4, -0.2) is 7.05 Å². The van der Waals surface area contributed by atoms with Gasteiger partial charge < -0.3 is 0 Å². The second-order valence-corrected chi connectivity index (χ2v) is 5.09. The number of halogens is 1. The summed E-state index contributed by atoms with van der Waals surface area (Å²) in [5, 5.41) is 8.03. The Hall–Kier alpha value is -0.890. The van der Waals surface area contributed by atoms with Gasteiger partial charge in [0.25, 0.3) is 0 Å². The second kappa shape index (κ2) is 4.31. The fraction of sp³-hybridized carbons (Fsp3) is 0.500. The molecule has 0 aliphatic heterocycles. The molecule has 0 aliphatic rings. The van der Waals surface area contributed by atoms with Crippen LogP contribution in [0.15, 0.2) is 40.6 Å². The number of alkyl halides is 1. The second-order valence-electron chi connectivity index (χ2n) is 4.54. The highest BCUT2D eigenvalue weighted by Crippen LogP contribution is 2.46. The van der Waals surface area contributed by atoms with Crippen molar-refractivity contribution in [1.82, 2.24) is 0 Å². The lowest BCUT2D eigenvalue weighted by Crippen LogP contribution is -2.32. The summed E-state index contributed by atoms with van der Waals surface area (Å²) in [5.41, 5.74) is 0.792. The first kappa shape index (κ1) is 12.2. The van der Waals surface area contributed by atoms with E-state index >= 15 is 0 Å². The number of azo groups is 1. The zero-order valence-electron chi connectivity index (χ0n) is 9.66. The zero-order chi connectivity index (χ0) is 11.5. The molecule has 0 amide bonds. The maximum Gasteiger partial charge on any atom is 0.184 e. The average Bonchev–Trinajstić information content (AvgIpc) is 2.18. The van der Waals surface area contributed by atoms with Crippen LogP contribution < -0.4 is 0 Å². The standard InChI is InChI=1S/C12H17ClN2/c1-11(2,3)12(13,15-14-4)10-8-6-5-7-9-10/h5-9H,1-4H3.